The molecule has 2 heterocycles. The van der Waals surface area contributed by atoms with Crippen LogP contribution in [0.3, 0.4) is 0 Å². The molecule has 1 atom stereocenters. The number of urea groups is 1. The van der Waals surface area contributed by atoms with E-state index in [9.17, 15) is 9.18 Å². The van der Waals surface area contributed by atoms with Crippen molar-refractivity contribution >= 4 is 6.03 Å². The SMILES string of the molecule is Cc1cc(C)n([C@H](CNC(=O)NCc2ccc(F)cc2)c2ccco2)n1. The van der Waals surface area contributed by atoms with Gasteiger partial charge in [0.25, 0.3) is 0 Å². The van der Waals surface area contributed by atoms with Gasteiger partial charge in [0, 0.05) is 18.8 Å². The maximum absolute atomic E-state index is 12.9. The van der Waals surface area contributed by atoms with Crippen molar-refractivity contribution in [3.05, 3.63) is 77.3 Å². The molecule has 3 aromatic rings. The van der Waals surface area contributed by atoms with E-state index in [4.69, 9.17) is 4.42 Å². The largest absolute Gasteiger partial charge is 0.467 e. The van der Waals surface area contributed by atoms with Crippen LogP contribution in [-0.2, 0) is 6.54 Å². The summed E-state index contributed by atoms with van der Waals surface area (Å²) in [6, 6.07) is 11.1. The number of furan rings is 1. The van der Waals surface area contributed by atoms with Gasteiger partial charge in [-0.25, -0.2) is 9.18 Å². The molecule has 0 aliphatic rings. The van der Waals surface area contributed by atoms with Gasteiger partial charge in [0.1, 0.15) is 17.6 Å². The van der Waals surface area contributed by atoms with Gasteiger partial charge in [-0.2, -0.15) is 5.10 Å². The minimum Gasteiger partial charge on any atom is -0.467 e. The van der Waals surface area contributed by atoms with Gasteiger partial charge < -0.3 is 15.1 Å². The second-order valence-electron chi connectivity index (χ2n) is 6.09. The standard InChI is InChI=1S/C19H21FN4O2/c1-13-10-14(2)24(23-13)17(18-4-3-9-26-18)12-22-19(25)21-11-15-5-7-16(20)8-6-15/h3-10,17H,11-12H2,1-2H3,(H2,21,22,25)/t17-/m1/s1. The summed E-state index contributed by atoms with van der Waals surface area (Å²) >= 11 is 0. The monoisotopic (exact) mass is 356 g/mol. The Bertz CT molecular complexity index is 856. The number of benzene rings is 1. The molecule has 0 aliphatic carbocycles. The first-order chi connectivity index (χ1) is 12.5. The fraction of sp³-hybridized carbons (Fsp3) is 0.263. The summed E-state index contributed by atoms with van der Waals surface area (Å²) in [6.45, 7) is 4.53. The van der Waals surface area contributed by atoms with E-state index < -0.39 is 0 Å². The van der Waals surface area contributed by atoms with Crippen molar-refractivity contribution in [1.29, 1.82) is 0 Å². The summed E-state index contributed by atoms with van der Waals surface area (Å²) in [5, 5.41) is 10.1. The van der Waals surface area contributed by atoms with Gasteiger partial charge >= 0.3 is 6.03 Å². The Hall–Kier alpha value is -3.09. The molecule has 0 aliphatic heterocycles. The van der Waals surface area contributed by atoms with E-state index in [2.05, 4.69) is 15.7 Å². The number of nitrogens with one attached hydrogen (secondary N) is 2. The number of amides is 2. The second-order valence-corrected chi connectivity index (χ2v) is 6.09. The van der Waals surface area contributed by atoms with Crippen LogP contribution in [-0.4, -0.2) is 22.4 Å². The van der Waals surface area contributed by atoms with Crippen LogP contribution in [0.2, 0.25) is 0 Å². The number of hydrogen-bond acceptors (Lipinski definition) is 3. The molecule has 0 fully saturated rings. The lowest BCUT2D eigenvalue weighted by Crippen LogP contribution is -2.39. The zero-order chi connectivity index (χ0) is 18.5. The van der Waals surface area contributed by atoms with E-state index in [1.165, 1.54) is 12.1 Å². The molecule has 136 valence electrons. The maximum atomic E-state index is 12.9. The molecular weight excluding hydrogens is 335 g/mol. The average molecular weight is 356 g/mol. The predicted molar refractivity (Wildman–Crippen MR) is 95.2 cm³/mol. The topological polar surface area (TPSA) is 72.1 Å². The summed E-state index contributed by atoms with van der Waals surface area (Å²) in [6.07, 6.45) is 1.60. The fourth-order valence-electron chi connectivity index (χ4n) is 2.79. The summed E-state index contributed by atoms with van der Waals surface area (Å²) in [5.74, 6) is 0.416. The van der Waals surface area contributed by atoms with Crippen molar-refractivity contribution in [2.75, 3.05) is 6.54 Å². The molecule has 0 spiro atoms. The van der Waals surface area contributed by atoms with Gasteiger partial charge in [-0.05, 0) is 49.7 Å². The highest BCUT2D eigenvalue weighted by molar-refractivity contribution is 5.73. The Kier molecular flexibility index (Phi) is 5.36. The molecule has 2 N–H and O–H groups in total. The second kappa shape index (κ2) is 7.86. The maximum Gasteiger partial charge on any atom is 0.315 e. The number of nitrogens with zero attached hydrogens (tertiary/aromatic N) is 2. The zero-order valence-electron chi connectivity index (χ0n) is 14.7. The molecule has 26 heavy (non-hydrogen) atoms. The van der Waals surface area contributed by atoms with E-state index in [0.29, 0.717) is 13.1 Å². The Morgan fingerprint density at radius 1 is 1.23 bits per heavy atom. The molecule has 0 unspecified atom stereocenters. The molecule has 0 radical (unpaired) electrons. The first kappa shape index (κ1) is 17.7. The highest BCUT2D eigenvalue weighted by Crippen LogP contribution is 2.20. The molecule has 0 saturated heterocycles. The van der Waals surface area contributed by atoms with Crippen molar-refractivity contribution in [2.24, 2.45) is 0 Å². The van der Waals surface area contributed by atoms with E-state index in [-0.39, 0.29) is 17.9 Å². The van der Waals surface area contributed by atoms with Crippen molar-refractivity contribution in [3.63, 3.8) is 0 Å². The predicted octanol–water partition coefficient (Wildman–Crippen LogP) is 3.32. The highest BCUT2D eigenvalue weighted by atomic mass is 19.1. The van der Waals surface area contributed by atoms with Crippen LogP contribution >= 0.6 is 0 Å². The lowest BCUT2D eigenvalue weighted by molar-refractivity contribution is 0.238. The minimum absolute atomic E-state index is 0.240. The van der Waals surface area contributed by atoms with Gasteiger partial charge in [0.2, 0.25) is 0 Å². The number of aromatic nitrogens is 2. The first-order valence-electron chi connectivity index (χ1n) is 8.35. The van der Waals surface area contributed by atoms with Crippen molar-refractivity contribution in [3.8, 4) is 0 Å². The van der Waals surface area contributed by atoms with E-state index >= 15 is 0 Å². The molecule has 6 nitrogen and oxygen atoms in total. The molecule has 7 heteroatoms. The zero-order valence-corrected chi connectivity index (χ0v) is 14.7. The number of carbonyl (C=O) groups is 1. The summed E-state index contributed by atoms with van der Waals surface area (Å²) < 4.78 is 20.3. The van der Waals surface area contributed by atoms with Crippen molar-refractivity contribution in [1.82, 2.24) is 20.4 Å². The molecular formula is C19H21FN4O2. The van der Waals surface area contributed by atoms with Gasteiger partial charge in [-0.3, -0.25) is 4.68 Å². The average Bonchev–Trinajstić information content (AvgIpc) is 3.25. The minimum atomic E-state index is -0.313. The number of halogens is 1. The van der Waals surface area contributed by atoms with Crippen molar-refractivity contribution in [2.45, 2.75) is 26.4 Å². The van der Waals surface area contributed by atoms with Crippen LogP contribution < -0.4 is 10.6 Å². The van der Waals surface area contributed by atoms with Gasteiger partial charge in [-0.15, -0.1) is 0 Å². The third-order valence-corrected chi connectivity index (χ3v) is 4.03. The van der Waals surface area contributed by atoms with Crippen LogP contribution in [0.4, 0.5) is 9.18 Å². The number of hydrogen-bond donors (Lipinski definition) is 2. The number of carbonyl (C=O) groups excluding carboxylic acids is 1. The highest BCUT2D eigenvalue weighted by Gasteiger charge is 2.20. The van der Waals surface area contributed by atoms with Gasteiger partial charge in [0.05, 0.1) is 12.0 Å². The lowest BCUT2D eigenvalue weighted by atomic mass is 10.2. The third-order valence-electron chi connectivity index (χ3n) is 4.03. The van der Waals surface area contributed by atoms with E-state index in [1.54, 1.807) is 18.4 Å². The van der Waals surface area contributed by atoms with Crippen LogP contribution in [0.15, 0.2) is 53.1 Å². The van der Waals surface area contributed by atoms with Gasteiger partial charge in [0.15, 0.2) is 0 Å². The number of aryl methyl sites for hydroxylation is 2. The summed E-state index contributed by atoms with van der Waals surface area (Å²) in [4.78, 5) is 12.1. The van der Waals surface area contributed by atoms with Gasteiger partial charge in [-0.1, -0.05) is 12.1 Å². The summed E-state index contributed by atoms with van der Waals surface area (Å²) in [7, 11) is 0. The Morgan fingerprint density at radius 2 is 2.00 bits per heavy atom. The molecule has 0 bridgehead atoms. The molecule has 1 aromatic carbocycles. The van der Waals surface area contributed by atoms with Crippen LogP contribution in [0.5, 0.6) is 0 Å². The van der Waals surface area contributed by atoms with Crippen molar-refractivity contribution < 1.29 is 13.6 Å². The molecule has 2 aromatic heterocycles. The summed E-state index contributed by atoms with van der Waals surface area (Å²) in [5.41, 5.74) is 2.71. The molecule has 0 saturated carbocycles. The lowest BCUT2D eigenvalue weighted by Gasteiger charge is -2.18. The Labute approximate surface area is 151 Å². The quantitative estimate of drug-likeness (QED) is 0.712. The van der Waals surface area contributed by atoms with Crippen LogP contribution in [0.25, 0.3) is 0 Å². The number of rotatable bonds is 6. The fourth-order valence-corrected chi connectivity index (χ4v) is 2.79. The third kappa shape index (κ3) is 4.30. The molecule has 2 amide bonds. The first-order valence-corrected chi connectivity index (χ1v) is 8.35. The normalized spacial score (nSPS) is 12.0. The van der Waals surface area contributed by atoms with Crippen LogP contribution in [0.1, 0.15) is 28.8 Å². The van der Waals surface area contributed by atoms with Crippen LogP contribution in [0, 0.1) is 19.7 Å². The Balaban J connectivity index is 1.61. The van der Waals surface area contributed by atoms with E-state index in [1.807, 2.05) is 36.7 Å². The smallest absolute Gasteiger partial charge is 0.315 e. The van der Waals surface area contributed by atoms with E-state index in [0.717, 1.165) is 22.7 Å². The Morgan fingerprint density at radius 3 is 2.62 bits per heavy atom. The molecule has 3 rings (SSSR count).